The Morgan fingerprint density at radius 1 is 0.875 bits per heavy atom. The van der Waals surface area contributed by atoms with Gasteiger partial charge in [-0.3, -0.25) is 24.6 Å². The van der Waals surface area contributed by atoms with Gasteiger partial charge in [0.1, 0.15) is 18.4 Å². The molecule has 206 valence electrons. The van der Waals surface area contributed by atoms with Crippen LogP contribution in [0.2, 0.25) is 5.02 Å². The van der Waals surface area contributed by atoms with Gasteiger partial charge in [0.15, 0.2) is 0 Å². The second kappa shape index (κ2) is 11.4. The average Bonchev–Trinajstić information content (AvgIpc) is 3.30. The Labute approximate surface area is 239 Å². The van der Waals surface area contributed by atoms with Gasteiger partial charge in [0.25, 0.3) is 5.91 Å². The number of benzene rings is 3. The van der Waals surface area contributed by atoms with Crippen molar-refractivity contribution in [3.63, 3.8) is 0 Å². The van der Waals surface area contributed by atoms with Gasteiger partial charge in [-0.05, 0) is 79.2 Å². The molecule has 1 N–H and O–H groups in total. The number of halogens is 1. The molecule has 1 unspecified atom stereocenters. The Morgan fingerprint density at radius 2 is 1.60 bits per heavy atom. The van der Waals surface area contributed by atoms with Crippen LogP contribution >= 0.6 is 11.6 Å². The minimum Gasteiger partial charge on any atom is -0.489 e. The summed E-state index contributed by atoms with van der Waals surface area (Å²) in [5.41, 5.74) is 5.05. The first-order chi connectivity index (χ1) is 19.4. The molecule has 2 saturated heterocycles. The van der Waals surface area contributed by atoms with Crippen LogP contribution in [0.15, 0.2) is 66.7 Å². The molecule has 3 aromatic carbocycles. The highest BCUT2D eigenvalue weighted by atomic mass is 35.5. The Kier molecular flexibility index (Phi) is 7.59. The van der Waals surface area contributed by atoms with Crippen molar-refractivity contribution < 1.29 is 19.1 Å². The molecular formula is C32H32ClN3O4. The van der Waals surface area contributed by atoms with Crippen LogP contribution in [0, 0.1) is 0 Å². The molecule has 0 radical (unpaired) electrons. The number of carbonyl (C=O) groups is 3. The predicted octanol–water partition coefficient (Wildman–Crippen LogP) is 5.06. The van der Waals surface area contributed by atoms with Crippen LogP contribution in [0.5, 0.6) is 5.75 Å². The summed E-state index contributed by atoms with van der Waals surface area (Å²) in [6, 6.07) is 21.6. The van der Waals surface area contributed by atoms with E-state index in [0.717, 1.165) is 48.6 Å². The molecule has 7 nitrogen and oxygen atoms in total. The maximum Gasteiger partial charge on any atom is 0.255 e. The van der Waals surface area contributed by atoms with Crippen LogP contribution in [0.4, 0.5) is 0 Å². The topological polar surface area (TPSA) is 79.0 Å². The van der Waals surface area contributed by atoms with Crippen LogP contribution in [-0.4, -0.2) is 46.7 Å². The standard InChI is InChI=1S/C32H32ClN3O4/c33-25-10-8-23(9-11-25)24-14-16-35(17-15-24)18-21-4-6-22(7-5-21)20-40-29-3-1-2-26-27(29)19-36(32(26)39)28-12-13-30(37)34-31(28)38/h1-11,24,28H,12-20H2,(H,34,37,38). The number of nitrogens with zero attached hydrogens (tertiary/aromatic N) is 2. The highest BCUT2D eigenvalue weighted by Crippen LogP contribution is 2.34. The van der Waals surface area contributed by atoms with Crippen LogP contribution < -0.4 is 10.1 Å². The first-order valence-corrected chi connectivity index (χ1v) is 14.3. The number of hydrogen-bond donors (Lipinski definition) is 1. The number of amides is 3. The normalized spacial score (nSPS) is 20.0. The van der Waals surface area contributed by atoms with E-state index in [0.29, 0.717) is 36.8 Å². The number of likely N-dealkylation sites (tertiary alicyclic amines) is 1. The Hall–Kier alpha value is -3.68. The molecule has 3 aliphatic heterocycles. The van der Waals surface area contributed by atoms with E-state index in [1.165, 1.54) is 11.1 Å². The smallest absolute Gasteiger partial charge is 0.255 e. The summed E-state index contributed by atoms with van der Waals surface area (Å²) in [4.78, 5) is 41.0. The molecule has 0 aromatic heterocycles. The number of nitrogens with one attached hydrogen (secondary N) is 1. The van der Waals surface area contributed by atoms with E-state index in [2.05, 4.69) is 46.6 Å². The van der Waals surface area contributed by atoms with Crippen molar-refractivity contribution in [2.45, 2.75) is 57.3 Å². The molecule has 3 amide bonds. The molecular weight excluding hydrogens is 526 g/mol. The van der Waals surface area contributed by atoms with Crippen LogP contribution in [0.3, 0.4) is 0 Å². The van der Waals surface area contributed by atoms with Gasteiger partial charge in [-0.2, -0.15) is 0 Å². The van der Waals surface area contributed by atoms with Crippen LogP contribution in [0.25, 0.3) is 0 Å². The third-order valence-corrected chi connectivity index (χ3v) is 8.54. The van der Waals surface area contributed by atoms with Gasteiger partial charge in [0.2, 0.25) is 11.8 Å². The zero-order chi connectivity index (χ0) is 27.6. The minimum absolute atomic E-state index is 0.198. The largest absolute Gasteiger partial charge is 0.489 e. The van der Waals surface area contributed by atoms with Crippen molar-refractivity contribution in [3.8, 4) is 5.75 Å². The second-order valence-electron chi connectivity index (χ2n) is 10.9. The highest BCUT2D eigenvalue weighted by molar-refractivity contribution is 6.30. The number of fused-ring (bicyclic) bond motifs is 1. The molecule has 0 aliphatic carbocycles. The number of rotatable bonds is 7. The highest BCUT2D eigenvalue weighted by Gasteiger charge is 2.40. The van der Waals surface area contributed by atoms with Crippen LogP contribution in [0.1, 0.15) is 64.2 Å². The van der Waals surface area contributed by atoms with Gasteiger partial charge in [0.05, 0.1) is 6.54 Å². The quantitative estimate of drug-likeness (QED) is 0.411. The molecule has 6 rings (SSSR count). The number of piperidine rings is 2. The summed E-state index contributed by atoms with van der Waals surface area (Å²) in [5.74, 6) is 0.341. The number of hydrogen-bond acceptors (Lipinski definition) is 5. The SMILES string of the molecule is O=C1CCC(N2Cc3c(OCc4ccc(CN5CCC(c6ccc(Cl)cc6)CC5)cc4)cccc3C2=O)C(=O)N1. The number of ether oxygens (including phenoxy) is 1. The molecule has 3 heterocycles. The van der Waals surface area contributed by atoms with Gasteiger partial charge in [-0.25, -0.2) is 0 Å². The zero-order valence-electron chi connectivity index (χ0n) is 22.3. The molecule has 40 heavy (non-hydrogen) atoms. The van der Waals surface area contributed by atoms with E-state index >= 15 is 0 Å². The first-order valence-electron chi connectivity index (χ1n) is 13.9. The van der Waals surface area contributed by atoms with Crippen molar-refractivity contribution >= 4 is 29.3 Å². The van der Waals surface area contributed by atoms with E-state index in [1.54, 1.807) is 17.0 Å². The molecule has 2 fully saturated rings. The van der Waals surface area contributed by atoms with Gasteiger partial charge < -0.3 is 9.64 Å². The molecule has 3 aromatic rings. The molecule has 8 heteroatoms. The monoisotopic (exact) mass is 557 g/mol. The van der Waals surface area contributed by atoms with Gasteiger partial charge in [0, 0.05) is 29.1 Å². The zero-order valence-corrected chi connectivity index (χ0v) is 23.0. The average molecular weight is 558 g/mol. The molecule has 3 aliphatic rings. The first kappa shape index (κ1) is 26.5. The van der Waals surface area contributed by atoms with Crippen molar-refractivity contribution in [3.05, 3.63) is 99.6 Å². The van der Waals surface area contributed by atoms with Crippen molar-refractivity contribution in [1.82, 2.24) is 15.1 Å². The summed E-state index contributed by atoms with van der Waals surface area (Å²) in [7, 11) is 0. The summed E-state index contributed by atoms with van der Waals surface area (Å²) in [5, 5.41) is 3.13. The lowest BCUT2D eigenvalue weighted by Crippen LogP contribution is -2.52. The van der Waals surface area contributed by atoms with Crippen molar-refractivity contribution in [2.24, 2.45) is 0 Å². The fourth-order valence-corrected chi connectivity index (χ4v) is 6.14. The second-order valence-corrected chi connectivity index (χ2v) is 11.3. The molecule has 0 bridgehead atoms. The lowest BCUT2D eigenvalue weighted by Gasteiger charge is -2.32. The molecule has 1 atom stereocenters. The van der Waals surface area contributed by atoms with Crippen LogP contribution in [-0.2, 0) is 29.3 Å². The Balaban J connectivity index is 1.03. The summed E-state index contributed by atoms with van der Waals surface area (Å²) in [6.45, 7) is 3.76. The van der Waals surface area contributed by atoms with Gasteiger partial charge in [-0.15, -0.1) is 0 Å². The Bertz CT molecular complexity index is 1420. The van der Waals surface area contributed by atoms with E-state index in [4.69, 9.17) is 16.3 Å². The fraction of sp³-hybridized carbons (Fsp3) is 0.344. The number of carbonyl (C=O) groups excluding carboxylic acids is 3. The lowest BCUT2D eigenvalue weighted by atomic mass is 9.89. The summed E-state index contributed by atoms with van der Waals surface area (Å²) in [6.07, 6.45) is 2.88. The van der Waals surface area contributed by atoms with Gasteiger partial charge >= 0.3 is 0 Å². The lowest BCUT2D eigenvalue weighted by molar-refractivity contribution is -0.136. The predicted molar refractivity (Wildman–Crippen MR) is 152 cm³/mol. The summed E-state index contributed by atoms with van der Waals surface area (Å²) >= 11 is 6.04. The maximum atomic E-state index is 13.0. The van der Waals surface area contributed by atoms with E-state index in [9.17, 15) is 14.4 Å². The maximum absolute atomic E-state index is 13.0. The van der Waals surface area contributed by atoms with Crippen molar-refractivity contribution in [1.29, 1.82) is 0 Å². The Morgan fingerprint density at radius 3 is 2.33 bits per heavy atom. The van der Waals surface area contributed by atoms with E-state index in [-0.39, 0.29) is 18.2 Å². The van der Waals surface area contributed by atoms with Gasteiger partial charge in [-0.1, -0.05) is 54.1 Å². The molecule has 0 saturated carbocycles. The molecule has 0 spiro atoms. The minimum atomic E-state index is -0.638. The third-order valence-electron chi connectivity index (χ3n) is 8.29. The van der Waals surface area contributed by atoms with Crippen molar-refractivity contribution in [2.75, 3.05) is 13.1 Å². The summed E-state index contributed by atoms with van der Waals surface area (Å²) < 4.78 is 6.16. The fourth-order valence-electron chi connectivity index (χ4n) is 6.01. The third kappa shape index (κ3) is 5.62. The van der Waals surface area contributed by atoms with E-state index in [1.807, 2.05) is 18.2 Å². The van der Waals surface area contributed by atoms with E-state index < -0.39 is 11.9 Å². The number of imide groups is 1.